The number of rotatable bonds is 6. The van der Waals surface area contributed by atoms with E-state index in [1.807, 2.05) is 43.5 Å². The molecule has 152 valence electrons. The zero-order valence-corrected chi connectivity index (χ0v) is 17.4. The van der Waals surface area contributed by atoms with E-state index in [4.69, 9.17) is 21.1 Å². The Kier molecular flexibility index (Phi) is 6.95. The third-order valence-electron chi connectivity index (χ3n) is 4.40. The Hall–Kier alpha value is -3.49. The summed E-state index contributed by atoms with van der Waals surface area (Å²) in [5.74, 6) is 5.63. The fourth-order valence-corrected chi connectivity index (χ4v) is 2.99. The van der Waals surface area contributed by atoms with Crippen molar-refractivity contribution in [3.05, 3.63) is 88.2 Å². The Bertz CT molecular complexity index is 1120. The Balaban J connectivity index is 1.64. The largest absolute Gasteiger partial charge is 0.480 e. The topological polar surface area (TPSA) is 57.5 Å². The summed E-state index contributed by atoms with van der Waals surface area (Å²) in [7, 11) is 1.29. The van der Waals surface area contributed by atoms with Crippen LogP contribution in [0.5, 0.6) is 5.75 Å². The van der Waals surface area contributed by atoms with E-state index in [0.717, 1.165) is 5.56 Å². The number of hydrogen-bond acceptors (Lipinski definition) is 4. The van der Waals surface area contributed by atoms with Crippen LogP contribution in [0.3, 0.4) is 0 Å². The van der Waals surface area contributed by atoms with E-state index in [-0.39, 0.29) is 18.0 Å². The predicted molar refractivity (Wildman–Crippen MR) is 115 cm³/mol. The minimum atomic E-state index is -0.535. The molecule has 30 heavy (non-hydrogen) atoms. The maximum Gasteiger partial charge on any atom is 0.341 e. The van der Waals surface area contributed by atoms with Gasteiger partial charge in [-0.15, -0.1) is 0 Å². The Morgan fingerprint density at radius 3 is 2.57 bits per heavy atom. The third kappa shape index (κ3) is 5.11. The predicted octanol–water partition coefficient (Wildman–Crippen LogP) is 4.55. The second-order valence-corrected chi connectivity index (χ2v) is 6.93. The van der Waals surface area contributed by atoms with Crippen molar-refractivity contribution in [2.24, 2.45) is 0 Å². The van der Waals surface area contributed by atoms with Crippen LogP contribution in [0, 0.1) is 18.8 Å². The van der Waals surface area contributed by atoms with Crippen LogP contribution in [-0.4, -0.2) is 30.0 Å². The highest BCUT2D eigenvalue weighted by Gasteiger charge is 2.14. The van der Waals surface area contributed by atoms with E-state index in [1.165, 1.54) is 13.2 Å². The van der Waals surface area contributed by atoms with Gasteiger partial charge in [-0.3, -0.25) is 4.79 Å². The van der Waals surface area contributed by atoms with Gasteiger partial charge in [0, 0.05) is 16.8 Å². The molecule has 3 rings (SSSR count). The van der Waals surface area contributed by atoms with Crippen molar-refractivity contribution < 1.29 is 19.1 Å². The number of ketones is 1. The number of aryl methyl sites for hydroxylation is 1. The van der Waals surface area contributed by atoms with Crippen molar-refractivity contribution in [3.8, 4) is 17.6 Å². The molecule has 1 aromatic heterocycles. The molecule has 0 fully saturated rings. The average molecular weight is 422 g/mol. The molecule has 0 bridgehead atoms. The van der Waals surface area contributed by atoms with E-state index in [9.17, 15) is 9.59 Å². The first kappa shape index (κ1) is 21.2. The van der Waals surface area contributed by atoms with Gasteiger partial charge in [-0.2, -0.15) is 0 Å². The number of methoxy groups -OCH3 is 1. The SMILES string of the molecule is COC(=O)c1cc(Cl)ccc1OCC#CCn1cccc1C(=O)c1ccc(C)cc1. The molecule has 0 aliphatic carbocycles. The molecule has 0 amide bonds. The normalized spacial score (nSPS) is 10.1. The molecule has 6 heteroatoms. The van der Waals surface area contributed by atoms with Crippen LogP contribution in [0.2, 0.25) is 5.02 Å². The number of carbonyl (C=O) groups is 2. The molecule has 0 aliphatic heterocycles. The molecular weight excluding hydrogens is 402 g/mol. The molecule has 0 saturated carbocycles. The number of hydrogen-bond donors (Lipinski definition) is 0. The standard InChI is InChI=1S/C24H20ClNO4/c1-17-7-9-18(10-8-17)23(27)21-6-5-14-26(21)13-3-4-15-30-22-12-11-19(25)16-20(22)24(28)29-2/h5-12,14,16H,13,15H2,1-2H3. The van der Waals surface area contributed by atoms with Gasteiger partial charge in [0.25, 0.3) is 0 Å². The highest BCUT2D eigenvalue weighted by atomic mass is 35.5. The Morgan fingerprint density at radius 2 is 1.83 bits per heavy atom. The lowest BCUT2D eigenvalue weighted by molar-refractivity contribution is 0.0596. The van der Waals surface area contributed by atoms with Crippen molar-refractivity contribution in [1.82, 2.24) is 4.57 Å². The van der Waals surface area contributed by atoms with Gasteiger partial charge in [0.05, 0.1) is 19.3 Å². The van der Waals surface area contributed by atoms with Gasteiger partial charge < -0.3 is 14.0 Å². The number of carbonyl (C=O) groups excluding carboxylic acids is 2. The first-order valence-electron chi connectivity index (χ1n) is 9.22. The van der Waals surface area contributed by atoms with Gasteiger partial charge in [-0.05, 0) is 37.3 Å². The fraction of sp³-hybridized carbons (Fsp3) is 0.167. The summed E-state index contributed by atoms with van der Waals surface area (Å²) in [4.78, 5) is 24.6. The molecule has 0 atom stereocenters. The third-order valence-corrected chi connectivity index (χ3v) is 4.63. The quantitative estimate of drug-likeness (QED) is 0.333. The van der Waals surface area contributed by atoms with Crippen LogP contribution in [0.25, 0.3) is 0 Å². The molecule has 0 saturated heterocycles. The number of esters is 1. The Labute approximate surface area is 180 Å². The van der Waals surface area contributed by atoms with E-state index in [1.54, 1.807) is 22.8 Å². The second kappa shape index (κ2) is 9.82. The molecule has 5 nitrogen and oxygen atoms in total. The van der Waals surface area contributed by atoms with Crippen LogP contribution in [0.15, 0.2) is 60.8 Å². The number of nitrogens with zero attached hydrogens (tertiary/aromatic N) is 1. The lowest BCUT2D eigenvalue weighted by Crippen LogP contribution is -2.09. The number of benzene rings is 2. The van der Waals surface area contributed by atoms with Crippen molar-refractivity contribution in [2.75, 3.05) is 13.7 Å². The van der Waals surface area contributed by atoms with Crippen LogP contribution in [0.4, 0.5) is 0 Å². The van der Waals surface area contributed by atoms with Crippen LogP contribution in [-0.2, 0) is 11.3 Å². The number of halogens is 1. The lowest BCUT2D eigenvalue weighted by Gasteiger charge is -2.08. The molecule has 2 aromatic carbocycles. The zero-order chi connectivity index (χ0) is 21.5. The molecule has 3 aromatic rings. The molecular formula is C24H20ClNO4. The van der Waals surface area contributed by atoms with Gasteiger partial charge in [0.1, 0.15) is 17.9 Å². The van der Waals surface area contributed by atoms with E-state index in [2.05, 4.69) is 11.8 Å². The van der Waals surface area contributed by atoms with Gasteiger partial charge >= 0.3 is 5.97 Å². The fourth-order valence-electron chi connectivity index (χ4n) is 2.81. The molecule has 0 unspecified atom stereocenters. The first-order valence-corrected chi connectivity index (χ1v) is 9.60. The highest BCUT2D eigenvalue weighted by molar-refractivity contribution is 6.31. The monoisotopic (exact) mass is 421 g/mol. The Morgan fingerprint density at radius 1 is 1.07 bits per heavy atom. The number of aromatic nitrogens is 1. The maximum absolute atomic E-state index is 12.7. The van der Waals surface area contributed by atoms with Crippen LogP contribution >= 0.6 is 11.6 Å². The van der Waals surface area contributed by atoms with E-state index in [0.29, 0.717) is 28.6 Å². The smallest absolute Gasteiger partial charge is 0.341 e. The molecule has 0 spiro atoms. The minimum Gasteiger partial charge on any atom is -0.480 e. The molecule has 1 heterocycles. The van der Waals surface area contributed by atoms with Crippen molar-refractivity contribution in [3.63, 3.8) is 0 Å². The van der Waals surface area contributed by atoms with Crippen LogP contribution < -0.4 is 4.74 Å². The van der Waals surface area contributed by atoms with E-state index >= 15 is 0 Å². The van der Waals surface area contributed by atoms with Crippen molar-refractivity contribution >= 4 is 23.4 Å². The second-order valence-electron chi connectivity index (χ2n) is 6.49. The summed E-state index contributed by atoms with van der Waals surface area (Å²) in [5, 5.41) is 0.409. The zero-order valence-electron chi connectivity index (χ0n) is 16.6. The summed E-state index contributed by atoms with van der Waals surface area (Å²) in [5.41, 5.74) is 2.54. The average Bonchev–Trinajstić information content (AvgIpc) is 3.22. The van der Waals surface area contributed by atoms with E-state index < -0.39 is 5.97 Å². The lowest BCUT2D eigenvalue weighted by atomic mass is 10.1. The summed E-state index contributed by atoms with van der Waals surface area (Å²) >= 11 is 5.93. The van der Waals surface area contributed by atoms with Gasteiger partial charge in [-0.25, -0.2) is 4.79 Å². The summed E-state index contributed by atoms with van der Waals surface area (Å²) in [6, 6.07) is 15.8. The van der Waals surface area contributed by atoms with Gasteiger partial charge in [-0.1, -0.05) is 53.3 Å². The molecule has 0 radical (unpaired) electrons. The summed E-state index contributed by atoms with van der Waals surface area (Å²) < 4.78 is 12.1. The molecule has 0 N–H and O–H groups in total. The van der Waals surface area contributed by atoms with Crippen LogP contribution in [0.1, 0.15) is 32.0 Å². The van der Waals surface area contributed by atoms with Gasteiger partial charge in [0.2, 0.25) is 5.78 Å². The van der Waals surface area contributed by atoms with Crippen molar-refractivity contribution in [1.29, 1.82) is 0 Å². The highest BCUT2D eigenvalue weighted by Crippen LogP contribution is 2.23. The maximum atomic E-state index is 12.7. The molecule has 0 aliphatic rings. The first-order chi connectivity index (χ1) is 14.5. The van der Waals surface area contributed by atoms with Crippen molar-refractivity contribution in [2.45, 2.75) is 13.5 Å². The van der Waals surface area contributed by atoms with Gasteiger partial charge in [0.15, 0.2) is 0 Å². The number of ether oxygens (including phenoxy) is 2. The minimum absolute atomic E-state index is 0.0538. The summed E-state index contributed by atoms with van der Waals surface area (Å²) in [6.45, 7) is 2.40. The summed E-state index contributed by atoms with van der Waals surface area (Å²) in [6.07, 6.45) is 1.81.